The third-order valence-electron chi connectivity index (χ3n) is 5.34. The molecule has 1 unspecified atom stereocenters. The first kappa shape index (κ1) is 17.6. The summed E-state index contributed by atoms with van der Waals surface area (Å²) in [6, 6.07) is 16.2. The molecule has 1 N–H and O–H groups in total. The van der Waals surface area contributed by atoms with Crippen LogP contribution in [0.15, 0.2) is 53.0 Å². The molecule has 0 saturated carbocycles. The average molecular weight is 416 g/mol. The summed E-state index contributed by atoms with van der Waals surface area (Å²) >= 11 is 3.55. The normalized spacial score (nSPS) is 21.3. The van der Waals surface area contributed by atoms with Gasteiger partial charge in [-0.25, -0.2) is 0 Å². The van der Waals surface area contributed by atoms with Crippen LogP contribution in [0.5, 0.6) is 5.75 Å². The lowest BCUT2D eigenvalue weighted by molar-refractivity contribution is -0.129. The second kappa shape index (κ2) is 7.41. The van der Waals surface area contributed by atoms with Crippen LogP contribution >= 0.6 is 15.9 Å². The first-order valence-electron chi connectivity index (χ1n) is 9.03. The Labute approximate surface area is 162 Å². The second-order valence-corrected chi connectivity index (χ2v) is 7.93. The first-order chi connectivity index (χ1) is 12.7. The average Bonchev–Trinajstić information content (AvgIpc) is 2.68. The van der Waals surface area contributed by atoms with Crippen molar-refractivity contribution >= 4 is 21.8 Å². The molecule has 0 radical (unpaired) electrons. The zero-order valence-corrected chi connectivity index (χ0v) is 16.1. The number of benzene rings is 2. The van der Waals surface area contributed by atoms with E-state index in [0.717, 1.165) is 34.2 Å². The zero-order valence-electron chi connectivity index (χ0n) is 14.5. The monoisotopic (exact) mass is 415 g/mol. The number of nitrogens with one attached hydrogen (secondary N) is 1. The maximum Gasteiger partial charge on any atom is 0.227 e. The van der Waals surface area contributed by atoms with Crippen molar-refractivity contribution < 1.29 is 14.3 Å². The lowest BCUT2D eigenvalue weighted by Gasteiger charge is -2.40. The lowest BCUT2D eigenvalue weighted by atomic mass is 9.81. The van der Waals surface area contributed by atoms with E-state index in [0.29, 0.717) is 26.2 Å². The number of halogens is 1. The number of hydrogen-bond acceptors (Lipinski definition) is 3. The van der Waals surface area contributed by atoms with Crippen molar-refractivity contribution in [1.82, 2.24) is 5.32 Å². The van der Waals surface area contributed by atoms with Crippen LogP contribution in [0.4, 0.5) is 0 Å². The Kier molecular flexibility index (Phi) is 5.00. The van der Waals surface area contributed by atoms with Gasteiger partial charge in [-0.1, -0.05) is 46.3 Å². The Bertz CT molecular complexity index is 801. The number of hydrogen-bond donors (Lipinski definition) is 1. The van der Waals surface area contributed by atoms with Crippen molar-refractivity contribution in [3.63, 3.8) is 0 Å². The van der Waals surface area contributed by atoms with E-state index in [1.165, 1.54) is 0 Å². The summed E-state index contributed by atoms with van der Waals surface area (Å²) in [6.07, 6.45) is 2.27. The predicted molar refractivity (Wildman–Crippen MR) is 103 cm³/mol. The first-order valence-corrected chi connectivity index (χ1v) is 9.82. The van der Waals surface area contributed by atoms with E-state index in [1.54, 1.807) is 0 Å². The Balaban J connectivity index is 1.56. The van der Waals surface area contributed by atoms with Crippen molar-refractivity contribution in [3.8, 4) is 5.75 Å². The molecule has 4 nitrogen and oxygen atoms in total. The molecule has 2 aliphatic rings. The van der Waals surface area contributed by atoms with E-state index in [4.69, 9.17) is 9.47 Å². The van der Waals surface area contributed by atoms with Crippen LogP contribution in [0.2, 0.25) is 0 Å². The number of carbonyl (C=O) groups is 1. The molecule has 5 heteroatoms. The summed E-state index contributed by atoms with van der Waals surface area (Å²) in [4.78, 5) is 13.1. The fraction of sp³-hybridized carbons (Fsp3) is 0.381. The van der Waals surface area contributed by atoms with Gasteiger partial charge < -0.3 is 14.8 Å². The van der Waals surface area contributed by atoms with Gasteiger partial charge in [0.05, 0.1) is 11.5 Å². The van der Waals surface area contributed by atoms with Crippen molar-refractivity contribution in [2.45, 2.75) is 24.8 Å². The van der Waals surface area contributed by atoms with Crippen molar-refractivity contribution in [1.29, 1.82) is 0 Å². The van der Waals surface area contributed by atoms with Gasteiger partial charge >= 0.3 is 0 Å². The molecule has 1 amide bonds. The number of rotatable bonds is 3. The van der Waals surface area contributed by atoms with Gasteiger partial charge in [0.15, 0.2) is 0 Å². The van der Waals surface area contributed by atoms with Gasteiger partial charge in [0.1, 0.15) is 12.4 Å². The van der Waals surface area contributed by atoms with E-state index in [9.17, 15) is 4.79 Å². The molecule has 26 heavy (non-hydrogen) atoms. The van der Waals surface area contributed by atoms with Gasteiger partial charge in [0.25, 0.3) is 0 Å². The topological polar surface area (TPSA) is 47.6 Å². The van der Waals surface area contributed by atoms with Crippen LogP contribution in [0.25, 0.3) is 0 Å². The van der Waals surface area contributed by atoms with Crippen LogP contribution in [0.1, 0.15) is 24.0 Å². The highest BCUT2D eigenvalue weighted by Crippen LogP contribution is 2.35. The molecule has 4 rings (SSSR count). The maximum absolute atomic E-state index is 13.1. The molecule has 2 aromatic rings. The van der Waals surface area contributed by atoms with Crippen molar-refractivity contribution in [2.24, 2.45) is 5.92 Å². The Morgan fingerprint density at radius 3 is 2.73 bits per heavy atom. The second-order valence-electron chi connectivity index (χ2n) is 7.01. The van der Waals surface area contributed by atoms with E-state index >= 15 is 0 Å². The molecule has 0 spiro atoms. The summed E-state index contributed by atoms with van der Waals surface area (Å²) < 4.78 is 12.4. The molecular formula is C21H22BrNO3. The minimum atomic E-state index is -0.379. The number of carbonyl (C=O) groups excluding carboxylic acids is 1. The summed E-state index contributed by atoms with van der Waals surface area (Å²) in [6.45, 7) is 1.72. The Morgan fingerprint density at radius 2 is 1.92 bits per heavy atom. The maximum atomic E-state index is 13.1. The minimum Gasteiger partial charge on any atom is -0.492 e. The summed E-state index contributed by atoms with van der Waals surface area (Å²) in [7, 11) is 0. The summed E-state index contributed by atoms with van der Waals surface area (Å²) in [5, 5.41) is 3.36. The molecule has 136 valence electrons. The van der Waals surface area contributed by atoms with E-state index in [1.807, 2.05) is 36.4 Å². The van der Waals surface area contributed by atoms with Gasteiger partial charge in [-0.05, 0) is 48.6 Å². The molecule has 2 aliphatic heterocycles. The van der Waals surface area contributed by atoms with Gasteiger partial charge in [-0.15, -0.1) is 0 Å². The summed E-state index contributed by atoms with van der Waals surface area (Å²) in [5.74, 6) is 0.780. The van der Waals surface area contributed by atoms with E-state index < -0.39 is 0 Å². The third kappa shape index (κ3) is 3.51. The molecule has 2 heterocycles. The quantitative estimate of drug-likeness (QED) is 0.828. The van der Waals surface area contributed by atoms with Crippen LogP contribution in [0.3, 0.4) is 0 Å². The van der Waals surface area contributed by atoms with Gasteiger partial charge in [0, 0.05) is 17.7 Å². The fourth-order valence-corrected chi connectivity index (χ4v) is 4.23. The molecule has 0 aliphatic carbocycles. The number of para-hydroxylation sites is 1. The van der Waals surface area contributed by atoms with Gasteiger partial charge in [0.2, 0.25) is 5.91 Å². The van der Waals surface area contributed by atoms with E-state index in [2.05, 4.69) is 33.4 Å². The van der Waals surface area contributed by atoms with E-state index in [-0.39, 0.29) is 17.4 Å². The molecule has 1 fully saturated rings. The number of ether oxygens (including phenoxy) is 2. The SMILES string of the molecule is O=C(NC1(c2cccc(Br)c2)CCOCC1)C1COc2ccccc2C1. The van der Waals surface area contributed by atoms with Crippen molar-refractivity contribution in [2.75, 3.05) is 19.8 Å². The Hall–Kier alpha value is -1.85. The van der Waals surface area contributed by atoms with Crippen LogP contribution in [-0.2, 0) is 21.5 Å². The smallest absolute Gasteiger partial charge is 0.227 e. The van der Waals surface area contributed by atoms with Crippen molar-refractivity contribution in [3.05, 3.63) is 64.1 Å². The molecule has 1 saturated heterocycles. The lowest BCUT2D eigenvalue weighted by Crippen LogP contribution is -2.52. The Morgan fingerprint density at radius 1 is 1.12 bits per heavy atom. The highest BCUT2D eigenvalue weighted by Gasteiger charge is 2.38. The third-order valence-corrected chi connectivity index (χ3v) is 5.83. The minimum absolute atomic E-state index is 0.0568. The fourth-order valence-electron chi connectivity index (χ4n) is 3.83. The number of fused-ring (bicyclic) bond motifs is 1. The largest absolute Gasteiger partial charge is 0.492 e. The number of amides is 1. The van der Waals surface area contributed by atoms with Crippen LogP contribution in [-0.4, -0.2) is 25.7 Å². The highest BCUT2D eigenvalue weighted by atomic mass is 79.9. The standard InChI is InChI=1S/C21H22BrNO3/c22-18-6-3-5-17(13-18)21(8-10-25-11-9-21)23-20(24)16-12-15-4-1-2-7-19(15)26-14-16/h1-7,13,16H,8-12,14H2,(H,23,24). The van der Waals surface area contributed by atoms with Gasteiger partial charge in [-0.2, -0.15) is 0 Å². The molecule has 1 atom stereocenters. The molecule has 2 aromatic carbocycles. The summed E-state index contributed by atoms with van der Waals surface area (Å²) in [5.41, 5.74) is 1.85. The molecule has 0 aromatic heterocycles. The van der Waals surface area contributed by atoms with Crippen LogP contribution in [0, 0.1) is 5.92 Å². The van der Waals surface area contributed by atoms with Gasteiger partial charge in [-0.3, -0.25) is 4.79 Å². The molecular weight excluding hydrogens is 394 g/mol. The predicted octanol–water partition coefficient (Wildman–Crippen LogP) is 3.82. The highest BCUT2D eigenvalue weighted by molar-refractivity contribution is 9.10. The van der Waals surface area contributed by atoms with Crippen LogP contribution < -0.4 is 10.1 Å². The zero-order chi connectivity index (χ0) is 18.0. The molecule has 0 bridgehead atoms.